The number of rotatable bonds is 3. The first-order chi connectivity index (χ1) is 11.0. The second-order valence-corrected chi connectivity index (χ2v) is 5.61. The molecular weight excluding hydrogens is 339 g/mol. The van der Waals surface area contributed by atoms with E-state index in [1.807, 2.05) is 0 Å². The molecular formula is C16H10Cl2N2O3. The molecule has 0 atom stereocenters. The number of primary amides is 1. The quantitative estimate of drug-likeness (QED) is 0.755. The molecule has 0 radical (unpaired) electrons. The highest BCUT2D eigenvalue weighted by atomic mass is 35.5. The van der Waals surface area contributed by atoms with Crippen molar-refractivity contribution in [2.75, 3.05) is 0 Å². The third kappa shape index (κ3) is 2.88. The molecule has 0 spiro atoms. The van der Waals surface area contributed by atoms with Crippen molar-refractivity contribution in [1.29, 1.82) is 0 Å². The normalized spacial score (nSPS) is 10.7. The van der Waals surface area contributed by atoms with Gasteiger partial charge in [0.2, 0.25) is 0 Å². The molecule has 0 saturated heterocycles. The number of hydrogen-bond donors (Lipinski definition) is 2. The van der Waals surface area contributed by atoms with Gasteiger partial charge in [-0.05, 0) is 30.3 Å². The average Bonchev–Trinajstić information content (AvgIpc) is 3.00. The highest BCUT2D eigenvalue weighted by Gasteiger charge is 2.19. The van der Waals surface area contributed by atoms with Crippen molar-refractivity contribution in [3.05, 3.63) is 68.6 Å². The topological polar surface area (TPSA) is 89.1 Å². The van der Waals surface area contributed by atoms with Crippen molar-refractivity contribution >= 4 is 29.1 Å². The lowest BCUT2D eigenvalue weighted by Gasteiger charge is -2.10. The molecule has 0 unspecified atom stereocenters. The van der Waals surface area contributed by atoms with Crippen LogP contribution in [0.5, 0.6) is 0 Å². The summed E-state index contributed by atoms with van der Waals surface area (Å²) in [6.07, 6.45) is 1.48. The third-order valence-corrected chi connectivity index (χ3v) is 3.84. The summed E-state index contributed by atoms with van der Waals surface area (Å²) >= 11 is 12.1. The number of furan rings is 1. The van der Waals surface area contributed by atoms with Crippen molar-refractivity contribution in [1.82, 2.24) is 4.98 Å². The lowest BCUT2D eigenvalue weighted by Crippen LogP contribution is -2.25. The highest BCUT2D eigenvalue weighted by Crippen LogP contribution is 2.33. The first-order valence-electron chi connectivity index (χ1n) is 6.54. The first kappa shape index (κ1) is 15.4. The zero-order valence-corrected chi connectivity index (χ0v) is 13.1. The monoisotopic (exact) mass is 348 g/mol. The maximum absolute atomic E-state index is 12.3. The molecule has 0 saturated carbocycles. The van der Waals surface area contributed by atoms with E-state index in [1.165, 1.54) is 12.3 Å². The number of halogens is 2. The molecule has 2 heterocycles. The Morgan fingerprint density at radius 3 is 2.52 bits per heavy atom. The molecule has 0 aliphatic heterocycles. The molecule has 5 nitrogen and oxygen atoms in total. The summed E-state index contributed by atoms with van der Waals surface area (Å²) in [5, 5.41) is 0.742. The van der Waals surface area contributed by atoms with Crippen LogP contribution >= 0.6 is 23.2 Å². The predicted molar refractivity (Wildman–Crippen MR) is 88.7 cm³/mol. The number of aromatic nitrogens is 1. The minimum absolute atomic E-state index is 0.176. The Kier molecular flexibility index (Phi) is 3.98. The summed E-state index contributed by atoms with van der Waals surface area (Å²) in [7, 11) is 0. The molecule has 1 amide bonds. The van der Waals surface area contributed by atoms with Crippen LogP contribution in [0.1, 0.15) is 10.4 Å². The first-order valence-corrected chi connectivity index (χ1v) is 7.29. The van der Waals surface area contributed by atoms with Gasteiger partial charge in [0.1, 0.15) is 11.3 Å². The Morgan fingerprint density at radius 2 is 1.91 bits per heavy atom. The molecule has 0 fully saturated rings. The van der Waals surface area contributed by atoms with Crippen LogP contribution in [0.2, 0.25) is 10.0 Å². The summed E-state index contributed by atoms with van der Waals surface area (Å²) in [6.45, 7) is 0. The zero-order valence-electron chi connectivity index (χ0n) is 11.6. The van der Waals surface area contributed by atoms with Gasteiger partial charge in [0, 0.05) is 21.2 Å². The summed E-state index contributed by atoms with van der Waals surface area (Å²) in [5.41, 5.74) is 5.75. The van der Waals surface area contributed by atoms with Gasteiger partial charge in [-0.25, -0.2) is 0 Å². The van der Waals surface area contributed by atoms with Crippen LogP contribution in [0.15, 0.2) is 51.9 Å². The summed E-state index contributed by atoms with van der Waals surface area (Å²) in [6, 6.07) is 9.72. The smallest absolute Gasteiger partial charge is 0.261 e. The largest absolute Gasteiger partial charge is 0.463 e. The second kappa shape index (κ2) is 5.95. The molecule has 3 N–H and O–H groups in total. The summed E-state index contributed by atoms with van der Waals surface area (Å²) in [4.78, 5) is 26.6. The number of H-pyrrole nitrogens is 1. The van der Waals surface area contributed by atoms with E-state index in [1.54, 1.807) is 30.3 Å². The number of benzene rings is 1. The highest BCUT2D eigenvalue weighted by molar-refractivity contribution is 6.36. The fourth-order valence-electron chi connectivity index (χ4n) is 2.29. The Bertz CT molecular complexity index is 946. The van der Waals surface area contributed by atoms with Crippen LogP contribution in [-0.4, -0.2) is 10.9 Å². The SMILES string of the molecule is NC(=O)c1c(-c2ccc(Cl)cc2Cl)cc(-c2ccco2)[nH]c1=O. The molecule has 23 heavy (non-hydrogen) atoms. The van der Waals surface area contributed by atoms with E-state index >= 15 is 0 Å². The van der Waals surface area contributed by atoms with Crippen LogP contribution < -0.4 is 11.3 Å². The Morgan fingerprint density at radius 1 is 1.13 bits per heavy atom. The van der Waals surface area contributed by atoms with E-state index in [9.17, 15) is 9.59 Å². The summed E-state index contributed by atoms with van der Waals surface area (Å²) < 4.78 is 5.27. The van der Waals surface area contributed by atoms with E-state index in [0.29, 0.717) is 32.6 Å². The van der Waals surface area contributed by atoms with Crippen LogP contribution in [0.3, 0.4) is 0 Å². The molecule has 2 aromatic heterocycles. The van der Waals surface area contributed by atoms with E-state index in [4.69, 9.17) is 33.4 Å². The molecule has 7 heteroatoms. The maximum atomic E-state index is 12.3. The van der Waals surface area contributed by atoms with Gasteiger partial charge < -0.3 is 15.1 Å². The zero-order chi connectivity index (χ0) is 16.6. The molecule has 3 rings (SSSR count). The number of pyridine rings is 1. The number of aromatic amines is 1. The average molecular weight is 349 g/mol. The number of carbonyl (C=O) groups is 1. The van der Waals surface area contributed by atoms with Gasteiger partial charge in [0.05, 0.1) is 12.0 Å². The van der Waals surface area contributed by atoms with Crippen LogP contribution in [0, 0.1) is 0 Å². The predicted octanol–water partition coefficient (Wildman–Crippen LogP) is 3.71. The van der Waals surface area contributed by atoms with Crippen LogP contribution in [-0.2, 0) is 0 Å². The number of hydrogen-bond acceptors (Lipinski definition) is 3. The molecule has 1 aromatic carbocycles. The molecule has 116 valence electrons. The van der Waals surface area contributed by atoms with Crippen molar-refractivity contribution in [2.24, 2.45) is 5.73 Å². The molecule has 3 aromatic rings. The summed E-state index contributed by atoms with van der Waals surface area (Å²) in [5.74, 6) is -0.400. The fourth-order valence-corrected chi connectivity index (χ4v) is 2.80. The van der Waals surface area contributed by atoms with Crippen molar-refractivity contribution in [3.8, 4) is 22.6 Å². The lowest BCUT2D eigenvalue weighted by molar-refractivity contribution is 0.0999. The third-order valence-electron chi connectivity index (χ3n) is 3.29. The van der Waals surface area contributed by atoms with Gasteiger partial charge in [-0.15, -0.1) is 0 Å². The van der Waals surface area contributed by atoms with Crippen LogP contribution in [0.4, 0.5) is 0 Å². The Balaban J connectivity index is 2.32. The van der Waals surface area contributed by atoms with Gasteiger partial charge in [-0.2, -0.15) is 0 Å². The Labute approximate surface area is 140 Å². The number of carbonyl (C=O) groups excluding carboxylic acids is 1. The van der Waals surface area contributed by atoms with Crippen LogP contribution in [0.25, 0.3) is 22.6 Å². The van der Waals surface area contributed by atoms with Gasteiger partial charge in [-0.3, -0.25) is 9.59 Å². The lowest BCUT2D eigenvalue weighted by atomic mass is 9.99. The van der Waals surface area contributed by atoms with Gasteiger partial charge in [0.25, 0.3) is 11.5 Å². The van der Waals surface area contributed by atoms with Crippen molar-refractivity contribution < 1.29 is 9.21 Å². The van der Waals surface area contributed by atoms with Gasteiger partial charge in [-0.1, -0.05) is 29.3 Å². The molecule has 0 bridgehead atoms. The minimum Gasteiger partial charge on any atom is -0.463 e. The Hall–Kier alpha value is -2.50. The number of amides is 1. The molecule has 0 aliphatic carbocycles. The van der Waals surface area contributed by atoms with E-state index < -0.39 is 11.5 Å². The fraction of sp³-hybridized carbons (Fsp3) is 0. The second-order valence-electron chi connectivity index (χ2n) is 4.77. The van der Waals surface area contributed by atoms with Crippen molar-refractivity contribution in [2.45, 2.75) is 0 Å². The van der Waals surface area contributed by atoms with E-state index in [2.05, 4.69) is 4.98 Å². The van der Waals surface area contributed by atoms with Gasteiger partial charge in [0.15, 0.2) is 0 Å². The number of nitrogens with two attached hydrogens (primary N) is 1. The standard InChI is InChI=1S/C16H10Cl2N2O3/c17-8-3-4-9(11(18)6-8)10-7-12(13-2-1-5-23-13)20-16(22)14(10)15(19)21/h1-7H,(H2,19,21)(H,20,22). The maximum Gasteiger partial charge on any atom is 0.261 e. The van der Waals surface area contributed by atoms with E-state index in [0.717, 1.165) is 0 Å². The van der Waals surface area contributed by atoms with Gasteiger partial charge >= 0.3 is 0 Å². The number of nitrogens with one attached hydrogen (secondary N) is 1. The molecule has 0 aliphatic rings. The van der Waals surface area contributed by atoms with Crippen molar-refractivity contribution in [3.63, 3.8) is 0 Å². The van der Waals surface area contributed by atoms with E-state index in [-0.39, 0.29) is 5.56 Å². The minimum atomic E-state index is -0.849.